The van der Waals surface area contributed by atoms with Crippen molar-refractivity contribution in [2.45, 2.75) is 18.9 Å². The number of terminal acetylenes is 1. The third kappa shape index (κ3) is 3.39. The van der Waals surface area contributed by atoms with Gasteiger partial charge in [0.05, 0.1) is 0 Å². The lowest BCUT2D eigenvalue weighted by atomic mass is 10.0. The van der Waals surface area contributed by atoms with Gasteiger partial charge in [-0.2, -0.15) is 0 Å². The van der Waals surface area contributed by atoms with Gasteiger partial charge < -0.3 is 0 Å². The van der Waals surface area contributed by atoms with Crippen molar-refractivity contribution < 1.29 is 0 Å². The van der Waals surface area contributed by atoms with Crippen LogP contribution in [-0.2, 0) is 6.42 Å². The Bertz CT molecular complexity index is 313. The Kier molecular flexibility index (Phi) is 4.48. The molecule has 0 amide bonds. The lowest BCUT2D eigenvalue weighted by molar-refractivity contribution is 0.537. The Morgan fingerprint density at radius 1 is 1.43 bits per heavy atom. The number of hydrogen-bond acceptors (Lipinski definition) is 2. The number of nitrogens with two attached hydrogens (primary N) is 1. The van der Waals surface area contributed by atoms with Crippen LogP contribution in [0.4, 0.5) is 0 Å². The van der Waals surface area contributed by atoms with Gasteiger partial charge in [0.25, 0.3) is 0 Å². The number of benzene rings is 1. The van der Waals surface area contributed by atoms with Gasteiger partial charge in [-0.25, -0.2) is 0 Å². The summed E-state index contributed by atoms with van der Waals surface area (Å²) in [7, 11) is 0. The van der Waals surface area contributed by atoms with Crippen LogP contribution >= 0.6 is 11.6 Å². The monoisotopic (exact) mass is 208 g/mol. The SMILES string of the molecule is C#CCC(Cc1ccc(Cl)cc1)NN. The lowest BCUT2D eigenvalue weighted by Gasteiger charge is -2.12. The highest BCUT2D eigenvalue weighted by atomic mass is 35.5. The second-order valence-corrected chi connectivity index (χ2v) is 3.54. The first-order valence-corrected chi connectivity index (χ1v) is 4.78. The van der Waals surface area contributed by atoms with E-state index in [4.69, 9.17) is 23.9 Å². The molecule has 1 aromatic carbocycles. The van der Waals surface area contributed by atoms with Crippen molar-refractivity contribution in [3.63, 3.8) is 0 Å². The predicted octanol–water partition coefficient (Wildman–Crippen LogP) is 1.74. The van der Waals surface area contributed by atoms with Crippen LogP contribution < -0.4 is 11.3 Å². The van der Waals surface area contributed by atoms with Crippen LogP contribution in [0, 0.1) is 12.3 Å². The van der Waals surface area contributed by atoms with Crippen LogP contribution in [0.15, 0.2) is 24.3 Å². The van der Waals surface area contributed by atoms with Crippen molar-refractivity contribution in [3.05, 3.63) is 34.9 Å². The van der Waals surface area contributed by atoms with Crippen LogP contribution in [-0.4, -0.2) is 6.04 Å². The molecule has 0 spiro atoms. The van der Waals surface area contributed by atoms with Gasteiger partial charge in [-0.05, 0) is 24.1 Å². The fourth-order valence-corrected chi connectivity index (χ4v) is 1.36. The molecule has 2 nitrogen and oxygen atoms in total. The van der Waals surface area contributed by atoms with Gasteiger partial charge in [0.1, 0.15) is 0 Å². The van der Waals surface area contributed by atoms with E-state index >= 15 is 0 Å². The van der Waals surface area contributed by atoms with Gasteiger partial charge in [0.2, 0.25) is 0 Å². The summed E-state index contributed by atoms with van der Waals surface area (Å²) in [4.78, 5) is 0. The van der Waals surface area contributed by atoms with E-state index in [9.17, 15) is 0 Å². The molecule has 74 valence electrons. The third-order valence-corrected chi connectivity index (χ3v) is 2.25. The highest BCUT2D eigenvalue weighted by molar-refractivity contribution is 6.30. The Morgan fingerprint density at radius 2 is 2.07 bits per heavy atom. The summed E-state index contributed by atoms with van der Waals surface area (Å²) in [6.45, 7) is 0. The molecule has 0 heterocycles. The Morgan fingerprint density at radius 3 is 2.57 bits per heavy atom. The van der Waals surface area contributed by atoms with E-state index in [1.807, 2.05) is 24.3 Å². The molecule has 1 unspecified atom stereocenters. The summed E-state index contributed by atoms with van der Waals surface area (Å²) < 4.78 is 0. The molecule has 3 N–H and O–H groups in total. The Labute approximate surface area is 89.4 Å². The number of halogens is 1. The minimum atomic E-state index is 0.126. The highest BCUT2D eigenvalue weighted by Crippen LogP contribution is 2.11. The average molecular weight is 209 g/mol. The third-order valence-electron chi connectivity index (χ3n) is 2.00. The molecular formula is C11H13ClN2. The molecule has 0 radical (unpaired) electrons. The van der Waals surface area contributed by atoms with E-state index in [-0.39, 0.29) is 6.04 Å². The first kappa shape index (κ1) is 11.1. The first-order chi connectivity index (χ1) is 6.76. The van der Waals surface area contributed by atoms with Gasteiger partial charge in [-0.15, -0.1) is 12.3 Å². The zero-order valence-corrected chi connectivity index (χ0v) is 8.59. The zero-order valence-electron chi connectivity index (χ0n) is 7.83. The molecular weight excluding hydrogens is 196 g/mol. The number of nitrogens with one attached hydrogen (secondary N) is 1. The van der Waals surface area contributed by atoms with Crippen LogP contribution in [0.1, 0.15) is 12.0 Å². The molecule has 0 aliphatic carbocycles. The number of hydrogen-bond donors (Lipinski definition) is 2. The molecule has 0 fully saturated rings. The summed E-state index contributed by atoms with van der Waals surface area (Å²) in [5.41, 5.74) is 3.86. The molecule has 0 aliphatic rings. The standard InChI is InChI=1S/C11H13ClN2/c1-2-3-11(14-13)8-9-4-6-10(12)7-5-9/h1,4-7,11,14H,3,8,13H2. The Balaban J connectivity index is 2.59. The van der Waals surface area contributed by atoms with Crippen molar-refractivity contribution in [2.75, 3.05) is 0 Å². The van der Waals surface area contributed by atoms with Crippen molar-refractivity contribution in [1.82, 2.24) is 5.43 Å². The summed E-state index contributed by atoms with van der Waals surface area (Å²) in [5.74, 6) is 7.95. The van der Waals surface area contributed by atoms with Crippen LogP contribution in [0.2, 0.25) is 5.02 Å². The second-order valence-electron chi connectivity index (χ2n) is 3.10. The van der Waals surface area contributed by atoms with E-state index < -0.39 is 0 Å². The van der Waals surface area contributed by atoms with Gasteiger partial charge >= 0.3 is 0 Å². The minimum Gasteiger partial charge on any atom is -0.271 e. The van der Waals surface area contributed by atoms with Crippen LogP contribution in [0.25, 0.3) is 0 Å². The van der Waals surface area contributed by atoms with Gasteiger partial charge in [-0.3, -0.25) is 11.3 Å². The van der Waals surface area contributed by atoms with Gasteiger partial charge in [0.15, 0.2) is 0 Å². The maximum atomic E-state index is 5.77. The Hall–Kier alpha value is -1.01. The maximum Gasteiger partial charge on any atom is 0.0406 e. The minimum absolute atomic E-state index is 0.126. The first-order valence-electron chi connectivity index (χ1n) is 4.40. The topological polar surface area (TPSA) is 38.0 Å². The molecule has 0 aromatic heterocycles. The molecule has 0 saturated carbocycles. The molecule has 14 heavy (non-hydrogen) atoms. The second kappa shape index (κ2) is 5.66. The van der Waals surface area contributed by atoms with Crippen LogP contribution in [0.5, 0.6) is 0 Å². The number of hydrazine groups is 1. The molecule has 1 aromatic rings. The summed E-state index contributed by atoms with van der Waals surface area (Å²) in [6, 6.07) is 7.80. The molecule has 0 bridgehead atoms. The summed E-state index contributed by atoms with van der Waals surface area (Å²) >= 11 is 5.77. The van der Waals surface area contributed by atoms with E-state index in [0.29, 0.717) is 6.42 Å². The molecule has 0 aliphatic heterocycles. The normalized spacial score (nSPS) is 12.1. The smallest absolute Gasteiger partial charge is 0.0406 e. The van der Waals surface area contributed by atoms with Crippen molar-refractivity contribution in [3.8, 4) is 12.3 Å². The summed E-state index contributed by atoms with van der Waals surface area (Å²) in [6.07, 6.45) is 6.66. The van der Waals surface area contributed by atoms with Gasteiger partial charge in [0, 0.05) is 17.5 Å². The predicted molar refractivity (Wildman–Crippen MR) is 59.7 cm³/mol. The zero-order chi connectivity index (χ0) is 10.4. The fourth-order valence-electron chi connectivity index (χ4n) is 1.24. The molecule has 0 saturated heterocycles. The van der Waals surface area contributed by atoms with Crippen molar-refractivity contribution >= 4 is 11.6 Å². The average Bonchev–Trinajstić information content (AvgIpc) is 2.20. The van der Waals surface area contributed by atoms with E-state index in [1.165, 1.54) is 5.56 Å². The lowest BCUT2D eigenvalue weighted by Crippen LogP contribution is -2.36. The molecule has 1 rings (SSSR count). The van der Waals surface area contributed by atoms with Gasteiger partial charge in [-0.1, -0.05) is 23.7 Å². The van der Waals surface area contributed by atoms with E-state index in [0.717, 1.165) is 11.4 Å². The van der Waals surface area contributed by atoms with Crippen LogP contribution in [0.3, 0.4) is 0 Å². The summed E-state index contributed by atoms with van der Waals surface area (Å²) in [5, 5.41) is 0.739. The van der Waals surface area contributed by atoms with Crippen molar-refractivity contribution in [2.24, 2.45) is 5.84 Å². The number of rotatable bonds is 4. The van der Waals surface area contributed by atoms with Crippen molar-refractivity contribution in [1.29, 1.82) is 0 Å². The molecule has 3 heteroatoms. The molecule has 1 atom stereocenters. The van der Waals surface area contributed by atoms with E-state index in [1.54, 1.807) is 0 Å². The quantitative estimate of drug-likeness (QED) is 0.450. The highest BCUT2D eigenvalue weighted by Gasteiger charge is 2.05. The fraction of sp³-hybridized carbons (Fsp3) is 0.273. The largest absolute Gasteiger partial charge is 0.271 e. The maximum absolute atomic E-state index is 5.77. The van der Waals surface area contributed by atoms with E-state index in [2.05, 4.69) is 11.3 Å².